The van der Waals surface area contributed by atoms with E-state index in [9.17, 15) is 9.18 Å². The van der Waals surface area contributed by atoms with Gasteiger partial charge in [0.25, 0.3) is 0 Å². The molecule has 5 heteroatoms. The van der Waals surface area contributed by atoms with E-state index in [1.54, 1.807) is 18.2 Å². The quantitative estimate of drug-likeness (QED) is 0.591. The molecule has 0 bridgehead atoms. The van der Waals surface area contributed by atoms with E-state index < -0.39 is 0 Å². The van der Waals surface area contributed by atoms with Gasteiger partial charge in [-0.25, -0.2) is 9.37 Å². The van der Waals surface area contributed by atoms with Crippen molar-refractivity contribution in [2.45, 2.75) is 6.92 Å². The second kappa shape index (κ2) is 6.44. The summed E-state index contributed by atoms with van der Waals surface area (Å²) in [6.07, 6.45) is 0. The van der Waals surface area contributed by atoms with Crippen molar-refractivity contribution in [3.05, 3.63) is 94.5 Å². The molecule has 0 saturated heterocycles. The second-order valence-corrected chi connectivity index (χ2v) is 6.02. The maximum atomic E-state index is 13.6. The minimum atomic E-state index is -0.349. The van der Waals surface area contributed by atoms with Gasteiger partial charge >= 0.3 is 0 Å². The molecule has 0 aliphatic rings. The fourth-order valence-electron chi connectivity index (χ4n) is 2.93. The Balaban J connectivity index is 2.01. The van der Waals surface area contributed by atoms with Crippen molar-refractivity contribution in [2.24, 2.45) is 0 Å². The first-order chi connectivity index (χ1) is 12.6. The van der Waals surface area contributed by atoms with Crippen molar-refractivity contribution in [3.63, 3.8) is 0 Å². The van der Waals surface area contributed by atoms with Crippen LogP contribution in [0.2, 0.25) is 0 Å². The molecule has 0 aliphatic carbocycles. The molecule has 0 saturated carbocycles. The Morgan fingerprint density at radius 3 is 2.54 bits per heavy atom. The topological polar surface area (TPSA) is 46.9 Å². The molecule has 2 aromatic carbocycles. The first-order valence-electron chi connectivity index (χ1n) is 8.23. The second-order valence-electron chi connectivity index (χ2n) is 6.02. The fraction of sp³-hybridized carbons (Fsp3) is 0.0476. The molecule has 1 N–H and O–H groups in total. The van der Waals surface area contributed by atoms with Crippen molar-refractivity contribution >= 4 is 22.5 Å². The summed E-state index contributed by atoms with van der Waals surface area (Å²) >= 11 is 0. The lowest BCUT2D eigenvalue weighted by Gasteiger charge is -2.18. The molecular formula is C21H16FN3O. The van der Waals surface area contributed by atoms with Gasteiger partial charge in [-0.05, 0) is 49.4 Å². The van der Waals surface area contributed by atoms with Crippen LogP contribution in [-0.2, 0) is 0 Å². The highest BCUT2D eigenvalue weighted by Gasteiger charge is 2.13. The number of fused-ring (bicyclic) bond motifs is 1. The first-order valence-corrected chi connectivity index (χ1v) is 8.23. The number of hydrogen-bond acceptors (Lipinski definition) is 3. The van der Waals surface area contributed by atoms with Crippen molar-refractivity contribution in [3.8, 4) is 5.69 Å². The van der Waals surface area contributed by atoms with E-state index in [4.69, 9.17) is 0 Å². The number of benzene rings is 2. The van der Waals surface area contributed by atoms with Crippen LogP contribution in [0.1, 0.15) is 5.69 Å². The third kappa shape index (κ3) is 2.95. The zero-order valence-electron chi connectivity index (χ0n) is 14.1. The number of hydrogen-bond donors (Lipinski definition) is 1. The molecule has 4 rings (SSSR count). The van der Waals surface area contributed by atoms with E-state index >= 15 is 0 Å². The maximum absolute atomic E-state index is 13.6. The van der Waals surface area contributed by atoms with Crippen LogP contribution in [0.15, 0.2) is 77.6 Å². The summed E-state index contributed by atoms with van der Waals surface area (Å²) in [5.41, 5.74) is 2.64. The number of anilines is 2. The van der Waals surface area contributed by atoms with Gasteiger partial charge in [0.1, 0.15) is 17.3 Å². The van der Waals surface area contributed by atoms with Crippen LogP contribution >= 0.6 is 0 Å². The Labute approximate surface area is 149 Å². The number of aryl methyl sites for hydroxylation is 1. The van der Waals surface area contributed by atoms with E-state index in [0.717, 1.165) is 11.4 Å². The minimum Gasteiger partial charge on any atom is -0.341 e. The van der Waals surface area contributed by atoms with Crippen LogP contribution in [0.5, 0.6) is 0 Å². The highest BCUT2D eigenvalue weighted by Crippen LogP contribution is 2.24. The van der Waals surface area contributed by atoms with Gasteiger partial charge in [-0.2, -0.15) is 0 Å². The predicted octanol–water partition coefficient (Wildman–Crippen LogP) is 4.58. The predicted molar refractivity (Wildman–Crippen MR) is 102 cm³/mol. The number of aromatic nitrogens is 2. The lowest BCUT2D eigenvalue weighted by atomic mass is 10.2. The smallest absolute Gasteiger partial charge is 0.193 e. The molecule has 4 nitrogen and oxygen atoms in total. The Hall–Kier alpha value is -3.47. The lowest BCUT2D eigenvalue weighted by molar-refractivity contribution is 0.628. The molecule has 0 unspecified atom stereocenters. The normalized spacial score (nSPS) is 10.8. The Kier molecular flexibility index (Phi) is 3.97. The van der Waals surface area contributed by atoms with Crippen LogP contribution in [0, 0.1) is 12.7 Å². The van der Waals surface area contributed by atoms with Crippen LogP contribution < -0.4 is 10.7 Å². The maximum Gasteiger partial charge on any atom is 0.193 e. The standard InChI is InChI=1S/C21H16FN3O/c1-14-10-11-18-19(26)13-20(24-16-7-5-6-15(22)12-16)25(21(18)23-14)17-8-3-2-4-9-17/h2-13,24H,1H3. The van der Waals surface area contributed by atoms with Gasteiger partial charge in [-0.3, -0.25) is 9.36 Å². The fourth-order valence-corrected chi connectivity index (χ4v) is 2.93. The van der Waals surface area contributed by atoms with E-state index in [2.05, 4.69) is 10.3 Å². The van der Waals surface area contributed by atoms with Crippen molar-refractivity contribution < 1.29 is 4.39 Å². The van der Waals surface area contributed by atoms with Crippen LogP contribution in [0.4, 0.5) is 15.9 Å². The molecule has 2 aromatic heterocycles. The molecule has 0 aliphatic heterocycles. The van der Waals surface area contributed by atoms with E-state index in [1.807, 2.05) is 47.9 Å². The molecule has 128 valence electrons. The van der Waals surface area contributed by atoms with Gasteiger partial charge in [-0.15, -0.1) is 0 Å². The molecule has 0 fully saturated rings. The molecule has 26 heavy (non-hydrogen) atoms. The van der Waals surface area contributed by atoms with Crippen LogP contribution in [-0.4, -0.2) is 9.55 Å². The van der Waals surface area contributed by atoms with E-state index in [-0.39, 0.29) is 11.2 Å². The van der Waals surface area contributed by atoms with Gasteiger partial charge < -0.3 is 5.32 Å². The van der Waals surface area contributed by atoms with Crippen molar-refractivity contribution in [2.75, 3.05) is 5.32 Å². The van der Waals surface area contributed by atoms with Crippen LogP contribution in [0.3, 0.4) is 0 Å². The van der Waals surface area contributed by atoms with Gasteiger partial charge in [0.2, 0.25) is 0 Å². The first kappa shape index (κ1) is 16.0. The average molecular weight is 345 g/mol. The number of pyridine rings is 2. The molecule has 0 atom stereocenters. The molecular weight excluding hydrogens is 329 g/mol. The zero-order valence-corrected chi connectivity index (χ0v) is 14.1. The lowest BCUT2D eigenvalue weighted by Crippen LogP contribution is -2.13. The number of rotatable bonds is 3. The van der Waals surface area contributed by atoms with Gasteiger partial charge in [0, 0.05) is 23.1 Å². The van der Waals surface area contributed by atoms with Gasteiger partial charge in [0.15, 0.2) is 5.43 Å². The number of para-hydroxylation sites is 1. The van der Waals surface area contributed by atoms with Crippen molar-refractivity contribution in [1.82, 2.24) is 9.55 Å². The summed E-state index contributed by atoms with van der Waals surface area (Å²) in [6, 6.07) is 20.9. The molecule has 0 radical (unpaired) electrons. The highest BCUT2D eigenvalue weighted by atomic mass is 19.1. The minimum absolute atomic E-state index is 0.140. The Bertz CT molecular complexity index is 1150. The number of nitrogens with zero attached hydrogens (tertiary/aromatic N) is 2. The number of halogens is 1. The molecule has 2 heterocycles. The van der Waals surface area contributed by atoms with Gasteiger partial charge in [0.05, 0.1) is 5.39 Å². The Morgan fingerprint density at radius 2 is 1.77 bits per heavy atom. The summed E-state index contributed by atoms with van der Waals surface area (Å²) in [7, 11) is 0. The summed E-state index contributed by atoms with van der Waals surface area (Å²) in [5.74, 6) is 0.177. The molecule has 4 aromatic rings. The zero-order chi connectivity index (χ0) is 18.1. The summed E-state index contributed by atoms with van der Waals surface area (Å²) in [4.78, 5) is 17.2. The van der Waals surface area contributed by atoms with Crippen LogP contribution in [0.25, 0.3) is 16.7 Å². The number of nitrogens with one attached hydrogen (secondary N) is 1. The van der Waals surface area contributed by atoms with E-state index in [0.29, 0.717) is 22.5 Å². The summed E-state index contributed by atoms with van der Waals surface area (Å²) in [6.45, 7) is 1.88. The van der Waals surface area contributed by atoms with Crippen molar-refractivity contribution in [1.29, 1.82) is 0 Å². The monoisotopic (exact) mass is 345 g/mol. The van der Waals surface area contributed by atoms with Gasteiger partial charge in [-0.1, -0.05) is 24.3 Å². The molecule has 0 spiro atoms. The summed E-state index contributed by atoms with van der Waals surface area (Å²) < 4.78 is 15.4. The summed E-state index contributed by atoms with van der Waals surface area (Å²) in [5, 5.41) is 3.68. The Morgan fingerprint density at radius 1 is 0.962 bits per heavy atom. The average Bonchev–Trinajstić information content (AvgIpc) is 2.62. The largest absolute Gasteiger partial charge is 0.341 e. The SMILES string of the molecule is Cc1ccc2c(=O)cc(Nc3cccc(F)c3)n(-c3ccccc3)c2n1. The highest BCUT2D eigenvalue weighted by molar-refractivity contribution is 5.81. The molecule has 0 amide bonds. The third-order valence-electron chi connectivity index (χ3n) is 4.11. The van der Waals surface area contributed by atoms with E-state index in [1.165, 1.54) is 18.2 Å². The third-order valence-corrected chi connectivity index (χ3v) is 4.11.